The summed E-state index contributed by atoms with van der Waals surface area (Å²) in [6.07, 6.45) is 0.551. The van der Waals surface area contributed by atoms with E-state index in [1.165, 1.54) is 0 Å². The van der Waals surface area contributed by atoms with Gasteiger partial charge in [0.15, 0.2) is 6.10 Å². The van der Waals surface area contributed by atoms with Crippen LogP contribution < -0.4 is 5.73 Å². The Bertz CT molecular complexity index is 254. The molecule has 5 heteroatoms. The summed E-state index contributed by atoms with van der Waals surface area (Å²) in [7, 11) is 0. The van der Waals surface area contributed by atoms with Crippen LogP contribution in [0.2, 0.25) is 0 Å². The van der Waals surface area contributed by atoms with Crippen molar-refractivity contribution in [1.29, 1.82) is 0 Å². The van der Waals surface area contributed by atoms with Crippen LogP contribution in [0.15, 0.2) is 0 Å². The predicted molar refractivity (Wildman–Crippen MR) is 58.9 cm³/mol. The van der Waals surface area contributed by atoms with E-state index in [4.69, 9.17) is 15.2 Å². The number of hydrogen-bond donors (Lipinski definition) is 1. The maximum Gasteiger partial charge on any atom is 0.254 e. The van der Waals surface area contributed by atoms with Gasteiger partial charge in [-0.1, -0.05) is 6.92 Å². The van der Waals surface area contributed by atoms with Crippen LogP contribution in [0.3, 0.4) is 0 Å². The highest BCUT2D eigenvalue weighted by Crippen LogP contribution is 2.17. The first-order valence-electron chi connectivity index (χ1n) is 5.92. The lowest BCUT2D eigenvalue weighted by Gasteiger charge is -2.37. The zero-order chi connectivity index (χ0) is 11.5. The standard InChI is InChI=1S/C11H20N2O3/c1-8-2-3-13(6-9(8)12)11(14)10-7-15-4-5-16-10/h8-10H,2-7,12H2,1H3. The van der Waals surface area contributed by atoms with E-state index in [1.54, 1.807) is 0 Å². The SMILES string of the molecule is CC1CCN(C(=O)C2COCCO2)CC1N. The second kappa shape index (κ2) is 5.12. The monoisotopic (exact) mass is 228 g/mol. The van der Waals surface area contributed by atoms with Gasteiger partial charge in [-0.15, -0.1) is 0 Å². The second-order valence-electron chi connectivity index (χ2n) is 4.65. The van der Waals surface area contributed by atoms with Crippen LogP contribution >= 0.6 is 0 Å². The summed E-state index contributed by atoms with van der Waals surface area (Å²) in [5, 5.41) is 0. The largest absolute Gasteiger partial charge is 0.376 e. The zero-order valence-corrected chi connectivity index (χ0v) is 9.72. The molecule has 16 heavy (non-hydrogen) atoms. The van der Waals surface area contributed by atoms with Gasteiger partial charge in [0.1, 0.15) is 0 Å². The molecule has 3 unspecified atom stereocenters. The molecule has 2 aliphatic rings. The normalized spacial score (nSPS) is 36.1. The minimum Gasteiger partial charge on any atom is -0.376 e. The molecule has 5 nitrogen and oxygen atoms in total. The highest BCUT2D eigenvalue weighted by molar-refractivity contribution is 5.81. The highest BCUT2D eigenvalue weighted by Gasteiger charge is 2.32. The second-order valence-corrected chi connectivity index (χ2v) is 4.65. The Labute approximate surface area is 95.9 Å². The molecule has 0 aliphatic carbocycles. The van der Waals surface area contributed by atoms with Gasteiger partial charge in [0.25, 0.3) is 5.91 Å². The van der Waals surface area contributed by atoms with Crippen molar-refractivity contribution in [2.75, 3.05) is 32.9 Å². The summed E-state index contributed by atoms with van der Waals surface area (Å²) in [5.74, 6) is 0.523. The molecule has 0 spiro atoms. The van der Waals surface area contributed by atoms with Gasteiger partial charge in [-0.2, -0.15) is 0 Å². The fourth-order valence-electron chi connectivity index (χ4n) is 2.13. The number of amides is 1. The number of carbonyl (C=O) groups excluding carboxylic acids is 1. The van der Waals surface area contributed by atoms with Crippen LogP contribution in [0.1, 0.15) is 13.3 Å². The molecule has 0 bridgehead atoms. The third kappa shape index (κ3) is 2.53. The number of nitrogens with zero attached hydrogens (tertiary/aromatic N) is 1. The third-order valence-electron chi connectivity index (χ3n) is 3.42. The maximum atomic E-state index is 12.1. The molecular weight excluding hydrogens is 208 g/mol. The Balaban J connectivity index is 1.89. The number of likely N-dealkylation sites (tertiary alicyclic amines) is 1. The fourth-order valence-corrected chi connectivity index (χ4v) is 2.13. The van der Waals surface area contributed by atoms with Crippen molar-refractivity contribution < 1.29 is 14.3 Å². The van der Waals surface area contributed by atoms with Gasteiger partial charge in [-0.3, -0.25) is 4.79 Å². The smallest absolute Gasteiger partial charge is 0.254 e. The lowest BCUT2D eigenvalue weighted by molar-refractivity contribution is -0.159. The van der Waals surface area contributed by atoms with Crippen molar-refractivity contribution in [3.63, 3.8) is 0 Å². The van der Waals surface area contributed by atoms with Crippen molar-refractivity contribution >= 4 is 5.91 Å². The number of hydrogen-bond acceptors (Lipinski definition) is 4. The van der Waals surface area contributed by atoms with E-state index >= 15 is 0 Å². The van der Waals surface area contributed by atoms with Crippen molar-refractivity contribution in [3.8, 4) is 0 Å². The average molecular weight is 228 g/mol. The summed E-state index contributed by atoms with van der Waals surface area (Å²) >= 11 is 0. The van der Waals surface area contributed by atoms with E-state index in [9.17, 15) is 4.79 Å². The van der Waals surface area contributed by atoms with Crippen molar-refractivity contribution in [3.05, 3.63) is 0 Å². The third-order valence-corrected chi connectivity index (χ3v) is 3.42. The summed E-state index contributed by atoms with van der Waals surface area (Å²) in [5.41, 5.74) is 5.97. The first-order chi connectivity index (χ1) is 7.68. The molecule has 1 amide bonds. The van der Waals surface area contributed by atoms with Crippen molar-refractivity contribution in [1.82, 2.24) is 4.90 Å². The van der Waals surface area contributed by atoms with E-state index in [0.29, 0.717) is 32.3 Å². The van der Waals surface area contributed by atoms with E-state index in [0.717, 1.165) is 13.0 Å². The fraction of sp³-hybridized carbons (Fsp3) is 0.909. The summed E-state index contributed by atoms with van der Waals surface area (Å²) in [4.78, 5) is 13.9. The Morgan fingerprint density at radius 2 is 2.25 bits per heavy atom. The van der Waals surface area contributed by atoms with Gasteiger partial charge in [0.05, 0.1) is 19.8 Å². The Hall–Kier alpha value is -0.650. The number of piperidine rings is 1. The zero-order valence-electron chi connectivity index (χ0n) is 9.72. The van der Waals surface area contributed by atoms with Gasteiger partial charge in [-0.25, -0.2) is 0 Å². The predicted octanol–water partition coefficient (Wildman–Crippen LogP) is -0.402. The summed E-state index contributed by atoms with van der Waals surface area (Å²) in [6, 6.07) is 0.0854. The summed E-state index contributed by atoms with van der Waals surface area (Å²) in [6.45, 7) is 5.02. The van der Waals surface area contributed by atoms with Crippen LogP contribution in [0.4, 0.5) is 0 Å². The molecule has 0 saturated carbocycles. The van der Waals surface area contributed by atoms with Crippen molar-refractivity contribution in [2.24, 2.45) is 11.7 Å². The Kier molecular flexibility index (Phi) is 3.78. The number of nitrogens with two attached hydrogens (primary N) is 1. The molecule has 0 radical (unpaired) electrons. The molecular formula is C11H20N2O3. The van der Waals surface area contributed by atoms with E-state index in [2.05, 4.69) is 6.92 Å². The molecule has 2 N–H and O–H groups in total. The molecule has 0 aromatic rings. The molecule has 3 atom stereocenters. The molecule has 0 aromatic carbocycles. The molecule has 92 valence electrons. The number of carbonyl (C=O) groups is 1. The molecule has 0 aromatic heterocycles. The summed E-state index contributed by atoms with van der Waals surface area (Å²) < 4.78 is 10.6. The molecule has 2 aliphatic heterocycles. The Morgan fingerprint density at radius 3 is 2.88 bits per heavy atom. The van der Waals surface area contributed by atoms with Crippen LogP contribution in [-0.4, -0.2) is 55.9 Å². The van der Waals surface area contributed by atoms with Crippen LogP contribution in [0.25, 0.3) is 0 Å². The van der Waals surface area contributed by atoms with Crippen LogP contribution in [-0.2, 0) is 14.3 Å². The number of rotatable bonds is 1. The molecule has 2 saturated heterocycles. The average Bonchev–Trinajstić information content (AvgIpc) is 2.33. The van der Waals surface area contributed by atoms with Crippen LogP contribution in [0, 0.1) is 5.92 Å². The van der Waals surface area contributed by atoms with Gasteiger partial charge in [-0.05, 0) is 12.3 Å². The number of ether oxygens (including phenoxy) is 2. The van der Waals surface area contributed by atoms with E-state index in [1.807, 2.05) is 4.90 Å². The van der Waals surface area contributed by atoms with E-state index in [-0.39, 0.29) is 11.9 Å². The van der Waals surface area contributed by atoms with Crippen LogP contribution in [0.5, 0.6) is 0 Å². The van der Waals surface area contributed by atoms with Gasteiger partial charge < -0.3 is 20.1 Å². The topological polar surface area (TPSA) is 64.8 Å². The lowest BCUT2D eigenvalue weighted by atomic mass is 9.94. The first kappa shape index (κ1) is 11.8. The van der Waals surface area contributed by atoms with E-state index < -0.39 is 6.10 Å². The van der Waals surface area contributed by atoms with Gasteiger partial charge in [0, 0.05) is 19.1 Å². The molecule has 2 rings (SSSR count). The van der Waals surface area contributed by atoms with Gasteiger partial charge >= 0.3 is 0 Å². The quantitative estimate of drug-likeness (QED) is 0.663. The van der Waals surface area contributed by atoms with Crippen molar-refractivity contribution in [2.45, 2.75) is 25.5 Å². The highest BCUT2D eigenvalue weighted by atomic mass is 16.6. The molecule has 2 heterocycles. The Morgan fingerprint density at radius 1 is 1.44 bits per heavy atom. The minimum atomic E-state index is -0.422. The van der Waals surface area contributed by atoms with Gasteiger partial charge in [0.2, 0.25) is 0 Å². The minimum absolute atomic E-state index is 0.0297. The maximum absolute atomic E-state index is 12.1. The lowest BCUT2D eigenvalue weighted by Crippen LogP contribution is -2.54. The molecule has 2 fully saturated rings. The first-order valence-corrected chi connectivity index (χ1v) is 5.92.